The van der Waals surface area contributed by atoms with E-state index in [4.69, 9.17) is 9.73 Å². The number of carbonyl (C=O) groups is 1. The van der Waals surface area contributed by atoms with Crippen LogP contribution in [0.15, 0.2) is 58.0 Å². The van der Waals surface area contributed by atoms with Crippen molar-refractivity contribution in [2.75, 3.05) is 12.4 Å². The van der Waals surface area contributed by atoms with Crippen LogP contribution in [0.4, 0.5) is 8.78 Å². The van der Waals surface area contributed by atoms with Crippen LogP contribution in [0.5, 0.6) is 0 Å². The Bertz CT molecular complexity index is 1040. The first kappa shape index (κ1) is 22.4. The molecule has 31 heavy (non-hydrogen) atoms. The molecule has 2 aromatic carbocycles. The molecule has 2 aliphatic heterocycles. The normalized spacial score (nSPS) is 28.1. The maximum absolute atomic E-state index is 15.1. The lowest BCUT2D eigenvalue weighted by molar-refractivity contribution is -0.0466. The van der Waals surface area contributed by atoms with Crippen molar-refractivity contribution in [2.45, 2.75) is 38.1 Å². The van der Waals surface area contributed by atoms with Crippen molar-refractivity contribution in [1.29, 1.82) is 0 Å². The smallest absolute Gasteiger partial charge is 0.257 e. The average molecular weight is 509 g/mol. The predicted molar refractivity (Wildman–Crippen MR) is 123 cm³/mol. The van der Waals surface area contributed by atoms with Crippen molar-refractivity contribution in [2.24, 2.45) is 10.4 Å². The molecule has 4 rings (SSSR count). The first-order valence-electron chi connectivity index (χ1n) is 9.92. The second-order valence-corrected chi connectivity index (χ2v) is 10.6. The van der Waals surface area contributed by atoms with Gasteiger partial charge in [-0.1, -0.05) is 52.8 Å². The number of amidine groups is 1. The van der Waals surface area contributed by atoms with E-state index in [9.17, 15) is 4.79 Å². The summed E-state index contributed by atoms with van der Waals surface area (Å²) >= 11 is 4.73. The van der Waals surface area contributed by atoms with Crippen molar-refractivity contribution in [3.05, 3.63) is 69.9 Å². The highest BCUT2D eigenvalue weighted by molar-refractivity contribution is 9.10. The zero-order chi connectivity index (χ0) is 22.4. The molecule has 0 aromatic heterocycles. The molecule has 0 bridgehead atoms. The maximum atomic E-state index is 15.1. The fourth-order valence-electron chi connectivity index (χ4n) is 4.59. The molecule has 2 aromatic rings. The lowest BCUT2D eigenvalue weighted by Gasteiger charge is -2.47. The van der Waals surface area contributed by atoms with E-state index in [0.717, 1.165) is 0 Å². The Labute approximate surface area is 193 Å². The molecule has 2 aliphatic rings. The third-order valence-electron chi connectivity index (χ3n) is 6.04. The van der Waals surface area contributed by atoms with Crippen LogP contribution in [0, 0.1) is 11.2 Å². The Kier molecular flexibility index (Phi) is 5.77. The summed E-state index contributed by atoms with van der Waals surface area (Å²) in [6.45, 7) is 4.84. The van der Waals surface area contributed by atoms with Crippen LogP contribution in [0.2, 0.25) is 0 Å². The van der Waals surface area contributed by atoms with Crippen LogP contribution in [-0.2, 0) is 10.3 Å². The number of rotatable bonds is 3. The van der Waals surface area contributed by atoms with Gasteiger partial charge in [0.15, 0.2) is 5.17 Å². The molecule has 164 valence electrons. The summed E-state index contributed by atoms with van der Waals surface area (Å²) in [5.74, 6) is -0.341. The van der Waals surface area contributed by atoms with Gasteiger partial charge < -0.3 is 10.1 Å². The van der Waals surface area contributed by atoms with Gasteiger partial charge in [0.2, 0.25) is 0 Å². The second-order valence-electron chi connectivity index (χ2n) is 8.68. The van der Waals surface area contributed by atoms with E-state index in [1.807, 2.05) is 13.0 Å². The van der Waals surface area contributed by atoms with Gasteiger partial charge in [0, 0.05) is 26.8 Å². The van der Waals surface area contributed by atoms with E-state index in [1.165, 1.54) is 31.7 Å². The molecule has 0 spiro atoms. The van der Waals surface area contributed by atoms with Gasteiger partial charge >= 0.3 is 0 Å². The number of aliphatic imine (C=N–C) groups is 1. The first-order chi connectivity index (χ1) is 14.6. The number of alkyl halides is 1. The summed E-state index contributed by atoms with van der Waals surface area (Å²) in [5.41, 5.74) is -2.85. The van der Waals surface area contributed by atoms with Crippen LogP contribution >= 0.6 is 27.7 Å². The predicted octanol–water partition coefficient (Wildman–Crippen LogP) is 5.47. The van der Waals surface area contributed by atoms with Gasteiger partial charge in [-0.2, -0.15) is 0 Å². The topological polar surface area (TPSA) is 50.7 Å². The fraction of sp³-hybridized carbons (Fsp3) is 0.391. The van der Waals surface area contributed by atoms with E-state index in [1.54, 1.807) is 36.4 Å². The highest BCUT2D eigenvalue weighted by Gasteiger charge is 2.66. The molecular formula is C23H23BrF2N2O2S. The Morgan fingerprint density at radius 1 is 1.29 bits per heavy atom. The SMILES string of the molecule is CC(C)(F)[C@H]1OC[C@]2(c3cc(Br)ccc3F)N=C(NC(=O)c3ccccc3)SC[C@]12C. The van der Waals surface area contributed by atoms with Gasteiger partial charge in [-0.3, -0.25) is 4.79 Å². The number of nitrogens with zero attached hydrogens (tertiary/aromatic N) is 1. The molecule has 2 heterocycles. The third kappa shape index (κ3) is 3.83. The molecule has 4 nitrogen and oxygen atoms in total. The summed E-state index contributed by atoms with van der Waals surface area (Å²) in [4.78, 5) is 17.5. The number of fused-ring (bicyclic) bond motifs is 1. The lowest BCUT2D eigenvalue weighted by atomic mass is 9.64. The number of amides is 1. The summed E-state index contributed by atoms with van der Waals surface area (Å²) in [6, 6.07) is 13.4. The van der Waals surface area contributed by atoms with E-state index < -0.39 is 28.5 Å². The highest BCUT2D eigenvalue weighted by atomic mass is 79.9. The van der Waals surface area contributed by atoms with Crippen LogP contribution < -0.4 is 5.32 Å². The van der Waals surface area contributed by atoms with E-state index >= 15 is 8.78 Å². The zero-order valence-electron chi connectivity index (χ0n) is 17.4. The van der Waals surface area contributed by atoms with Crippen molar-refractivity contribution < 1.29 is 18.3 Å². The summed E-state index contributed by atoms with van der Waals surface area (Å²) in [5, 5.41) is 3.20. The summed E-state index contributed by atoms with van der Waals surface area (Å²) in [6.07, 6.45) is -0.791. The maximum Gasteiger partial charge on any atom is 0.257 e. The van der Waals surface area contributed by atoms with Gasteiger partial charge in [-0.15, -0.1) is 0 Å². The molecule has 1 N–H and O–H groups in total. The number of ether oxygens (including phenoxy) is 1. The van der Waals surface area contributed by atoms with Crippen LogP contribution in [0.1, 0.15) is 36.7 Å². The zero-order valence-corrected chi connectivity index (χ0v) is 19.8. The second kappa shape index (κ2) is 7.98. The molecule has 1 amide bonds. The van der Waals surface area contributed by atoms with Gasteiger partial charge in [-0.25, -0.2) is 13.8 Å². The number of thioether (sulfide) groups is 1. The van der Waals surface area contributed by atoms with E-state index in [0.29, 0.717) is 26.5 Å². The molecule has 0 unspecified atom stereocenters. The van der Waals surface area contributed by atoms with Gasteiger partial charge in [-0.05, 0) is 44.2 Å². The van der Waals surface area contributed by atoms with Gasteiger partial charge in [0.1, 0.15) is 17.0 Å². The Balaban J connectivity index is 1.81. The molecule has 0 radical (unpaired) electrons. The average Bonchev–Trinajstić information content (AvgIpc) is 3.04. The van der Waals surface area contributed by atoms with Crippen LogP contribution in [0.25, 0.3) is 0 Å². The quantitative estimate of drug-likeness (QED) is 0.597. The van der Waals surface area contributed by atoms with Gasteiger partial charge in [0.25, 0.3) is 5.91 Å². The highest BCUT2D eigenvalue weighted by Crippen LogP contribution is 2.59. The van der Waals surface area contributed by atoms with Crippen molar-refractivity contribution in [1.82, 2.24) is 5.32 Å². The molecule has 8 heteroatoms. The molecule has 1 fully saturated rings. The number of nitrogens with one attached hydrogen (secondary N) is 1. The number of benzene rings is 2. The molecular weight excluding hydrogens is 486 g/mol. The van der Waals surface area contributed by atoms with Gasteiger partial charge in [0.05, 0.1) is 12.7 Å². The number of carbonyl (C=O) groups excluding carboxylic acids is 1. The number of hydrogen-bond donors (Lipinski definition) is 1. The third-order valence-corrected chi connectivity index (χ3v) is 7.74. The summed E-state index contributed by atoms with van der Waals surface area (Å²) < 4.78 is 36.9. The van der Waals surface area contributed by atoms with E-state index in [-0.39, 0.29) is 12.5 Å². The Hall–Kier alpha value is -1.77. The van der Waals surface area contributed by atoms with Crippen LogP contribution in [-0.4, -0.2) is 35.2 Å². The van der Waals surface area contributed by atoms with E-state index in [2.05, 4.69) is 21.2 Å². The number of hydrogen-bond acceptors (Lipinski definition) is 4. The number of halogens is 3. The lowest BCUT2D eigenvalue weighted by Crippen LogP contribution is -2.55. The first-order valence-corrected chi connectivity index (χ1v) is 11.7. The summed E-state index contributed by atoms with van der Waals surface area (Å²) in [7, 11) is 0. The monoisotopic (exact) mass is 508 g/mol. The fourth-order valence-corrected chi connectivity index (χ4v) is 6.16. The minimum absolute atomic E-state index is 0.0140. The molecule has 0 saturated carbocycles. The van der Waals surface area contributed by atoms with Crippen LogP contribution in [0.3, 0.4) is 0 Å². The molecule has 0 aliphatic carbocycles. The largest absolute Gasteiger partial charge is 0.371 e. The van der Waals surface area contributed by atoms with Crippen molar-refractivity contribution in [3.8, 4) is 0 Å². The Morgan fingerprint density at radius 2 is 2.00 bits per heavy atom. The molecule has 1 saturated heterocycles. The Morgan fingerprint density at radius 3 is 2.68 bits per heavy atom. The molecule has 3 atom stereocenters. The van der Waals surface area contributed by atoms with Crippen molar-refractivity contribution in [3.63, 3.8) is 0 Å². The van der Waals surface area contributed by atoms with Crippen molar-refractivity contribution >= 4 is 38.8 Å². The minimum atomic E-state index is -1.65. The standard InChI is InChI=1S/C23H23BrF2N2O2S/c1-21(2,26)19-22(3)13-31-20(27-18(29)14-7-5-4-6-8-14)28-23(22,12-30-19)16-11-15(24)9-10-17(16)25/h4-11,19H,12-13H2,1-3H3,(H,27,28,29)/t19-,22-,23-/m1/s1. The minimum Gasteiger partial charge on any atom is -0.371 e.